The lowest BCUT2D eigenvalue weighted by molar-refractivity contribution is -0.211. The fourth-order valence-corrected chi connectivity index (χ4v) is 5.96. The maximum atomic E-state index is 6.96. The van der Waals surface area contributed by atoms with Crippen LogP contribution in [0.4, 0.5) is 0 Å². The molecule has 1 aliphatic carbocycles. The SMILES string of the molecule is CCCCCCCCCO[C@@]1(N(C)CCCCCCC)C[C@@H](OCc2ccccc2)C[C@H]1OCc1ccccc1. The van der Waals surface area contributed by atoms with Crippen LogP contribution in [-0.4, -0.2) is 43.0 Å². The molecule has 224 valence electrons. The van der Waals surface area contributed by atoms with Gasteiger partial charge in [-0.05, 0) is 31.0 Å². The third-order valence-electron chi connectivity index (χ3n) is 8.47. The predicted octanol–water partition coefficient (Wildman–Crippen LogP) is 9.32. The molecule has 4 heteroatoms. The average Bonchev–Trinajstić information content (AvgIpc) is 3.35. The molecular formula is C36H57NO3. The molecule has 1 fully saturated rings. The Morgan fingerprint density at radius 1 is 0.675 bits per heavy atom. The van der Waals surface area contributed by atoms with E-state index in [0.29, 0.717) is 13.2 Å². The Kier molecular flexibility index (Phi) is 15.9. The molecule has 3 atom stereocenters. The molecule has 0 radical (unpaired) electrons. The van der Waals surface area contributed by atoms with E-state index in [1.165, 1.54) is 81.8 Å². The predicted molar refractivity (Wildman–Crippen MR) is 167 cm³/mol. The summed E-state index contributed by atoms with van der Waals surface area (Å²) in [5.74, 6) is 0. The van der Waals surface area contributed by atoms with Crippen molar-refractivity contribution in [3.8, 4) is 0 Å². The maximum absolute atomic E-state index is 6.96. The number of hydrogen-bond donors (Lipinski definition) is 0. The second-order valence-corrected chi connectivity index (χ2v) is 11.8. The summed E-state index contributed by atoms with van der Waals surface area (Å²) >= 11 is 0. The quantitative estimate of drug-likeness (QED) is 0.108. The molecule has 2 aromatic carbocycles. The molecule has 0 spiro atoms. The van der Waals surface area contributed by atoms with Gasteiger partial charge in [0.1, 0.15) is 11.8 Å². The Labute approximate surface area is 245 Å². The second-order valence-electron chi connectivity index (χ2n) is 11.8. The maximum Gasteiger partial charge on any atom is 0.150 e. The number of likely N-dealkylation sites (N-methyl/N-ethyl adjacent to an activating group) is 1. The van der Waals surface area contributed by atoms with Crippen molar-refractivity contribution >= 4 is 0 Å². The van der Waals surface area contributed by atoms with Gasteiger partial charge in [-0.15, -0.1) is 0 Å². The van der Waals surface area contributed by atoms with Gasteiger partial charge in [-0.25, -0.2) is 0 Å². The van der Waals surface area contributed by atoms with Crippen molar-refractivity contribution in [1.82, 2.24) is 4.90 Å². The minimum Gasteiger partial charge on any atom is -0.373 e. The van der Waals surface area contributed by atoms with Gasteiger partial charge in [-0.2, -0.15) is 0 Å². The Balaban J connectivity index is 1.68. The summed E-state index contributed by atoms with van der Waals surface area (Å²) in [6, 6.07) is 21.1. The first-order chi connectivity index (χ1) is 19.7. The summed E-state index contributed by atoms with van der Waals surface area (Å²) in [7, 11) is 2.25. The Bertz CT molecular complexity index is 876. The van der Waals surface area contributed by atoms with Crippen LogP contribution in [0, 0.1) is 0 Å². The molecule has 0 unspecified atom stereocenters. The van der Waals surface area contributed by atoms with Crippen molar-refractivity contribution in [3.05, 3.63) is 71.8 Å². The summed E-state index contributed by atoms with van der Waals surface area (Å²) in [6.07, 6.45) is 17.2. The molecule has 0 saturated heterocycles. The number of benzene rings is 2. The van der Waals surface area contributed by atoms with E-state index in [0.717, 1.165) is 32.4 Å². The number of nitrogens with zero attached hydrogens (tertiary/aromatic N) is 1. The molecule has 0 aliphatic heterocycles. The molecule has 2 aromatic rings. The van der Waals surface area contributed by atoms with Gasteiger partial charge in [0, 0.05) is 26.0 Å². The summed E-state index contributed by atoms with van der Waals surface area (Å²) in [6.45, 7) is 7.60. The van der Waals surface area contributed by atoms with Gasteiger partial charge in [0.2, 0.25) is 0 Å². The fraction of sp³-hybridized carbons (Fsp3) is 0.667. The van der Waals surface area contributed by atoms with Gasteiger partial charge in [0.15, 0.2) is 0 Å². The van der Waals surface area contributed by atoms with Crippen LogP contribution < -0.4 is 0 Å². The fourth-order valence-electron chi connectivity index (χ4n) is 5.96. The van der Waals surface area contributed by atoms with Crippen molar-refractivity contribution in [1.29, 1.82) is 0 Å². The standard InChI is InChI=1S/C36H57NO3/c1-4-6-8-10-11-13-21-27-40-36(37(3)26-20-12-9-7-5-2)29-34(38-30-32-22-16-14-17-23-32)28-35(36)39-31-33-24-18-15-19-25-33/h14-19,22-25,34-35H,4-13,20-21,26-31H2,1-3H3/t34-,35+,36-/m0/s1. The van der Waals surface area contributed by atoms with E-state index in [9.17, 15) is 0 Å². The van der Waals surface area contributed by atoms with Crippen LogP contribution in [0.2, 0.25) is 0 Å². The van der Waals surface area contributed by atoms with Gasteiger partial charge in [0.25, 0.3) is 0 Å². The molecule has 0 amide bonds. The summed E-state index contributed by atoms with van der Waals surface area (Å²) < 4.78 is 20.2. The Morgan fingerprint density at radius 2 is 1.20 bits per heavy atom. The molecule has 1 aliphatic rings. The van der Waals surface area contributed by atoms with Gasteiger partial charge in [-0.1, -0.05) is 139 Å². The highest BCUT2D eigenvalue weighted by Gasteiger charge is 2.52. The van der Waals surface area contributed by atoms with Crippen LogP contribution >= 0.6 is 0 Å². The van der Waals surface area contributed by atoms with Crippen LogP contribution in [0.1, 0.15) is 115 Å². The number of hydrogen-bond acceptors (Lipinski definition) is 4. The summed E-state index contributed by atoms with van der Waals surface area (Å²) in [5.41, 5.74) is 1.97. The van der Waals surface area contributed by atoms with Crippen LogP contribution in [0.5, 0.6) is 0 Å². The zero-order valence-corrected chi connectivity index (χ0v) is 25.8. The zero-order chi connectivity index (χ0) is 28.3. The van der Waals surface area contributed by atoms with Crippen LogP contribution in [0.25, 0.3) is 0 Å². The van der Waals surface area contributed by atoms with E-state index >= 15 is 0 Å². The van der Waals surface area contributed by atoms with E-state index in [-0.39, 0.29) is 12.2 Å². The van der Waals surface area contributed by atoms with E-state index < -0.39 is 5.72 Å². The molecule has 1 saturated carbocycles. The third kappa shape index (κ3) is 11.3. The van der Waals surface area contributed by atoms with Gasteiger partial charge in [0.05, 0.1) is 19.3 Å². The Morgan fingerprint density at radius 3 is 1.80 bits per heavy atom. The lowest BCUT2D eigenvalue weighted by Crippen LogP contribution is -2.55. The van der Waals surface area contributed by atoms with Crippen LogP contribution in [-0.2, 0) is 27.4 Å². The highest BCUT2D eigenvalue weighted by Crippen LogP contribution is 2.41. The highest BCUT2D eigenvalue weighted by molar-refractivity contribution is 5.15. The van der Waals surface area contributed by atoms with Gasteiger partial charge >= 0.3 is 0 Å². The second kappa shape index (κ2) is 19.4. The third-order valence-corrected chi connectivity index (χ3v) is 8.47. The monoisotopic (exact) mass is 551 g/mol. The summed E-state index contributed by atoms with van der Waals surface area (Å²) in [4.78, 5) is 2.47. The van der Waals surface area contributed by atoms with E-state index in [1.807, 2.05) is 0 Å². The largest absolute Gasteiger partial charge is 0.373 e. The van der Waals surface area contributed by atoms with Gasteiger partial charge < -0.3 is 14.2 Å². The first-order valence-electron chi connectivity index (χ1n) is 16.3. The average molecular weight is 552 g/mol. The molecule has 40 heavy (non-hydrogen) atoms. The van der Waals surface area contributed by atoms with Crippen LogP contribution in [0.15, 0.2) is 60.7 Å². The van der Waals surface area contributed by atoms with Crippen molar-refractivity contribution in [3.63, 3.8) is 0 Å². The first-order valence-corrected chi connectivity index (χ1v) is 16.3. The van der Waals surface area contributed by atoms with E-state index in [1.54, 1.807) is 0 Å². The minimum atomic E-state index is -0.455. The number of unbranched alkanes of at least 4 members (excludes halogenated alkanes) is 10. The van der Waals surface area contributed by atoms with Gasteiger partial charge in [-0.3, -0.25) is 4.90 Å². The molecule has 0 heterocycles. The molecule has 3 rings (SSSR count). The smallest absolute Gasteiger partial charge is 0.150 e. The lowest BCUT2D eigenvalue weighted by atomic mass is 10.1. The van der Waals surface area contributed by atoms with Crippen molar-refractivity contribution in [2.45, 2.75) is 135 Å². The first kappa shape index (κ1) is 32.8. The van der Waals surface area contributed by atoms with E-state index in [2.05, 4.69) is 86.5 Å². The topological polar surface area (TPSA) is 30.9 Å². The molecule has 0 aromatic heterocycles. The number of ether oxygens (including phenoxy) is 3. The molecule has 4 nitrogen and oxygen atoms in total. The van der Waals surface area contributed by atoms with Crippen molar-refractivity contribution < 1.29 is 14.2 Å². The van der Waals surface area contributed by atoms with Crippen LogP contribution in [0.3, 0.4) is 0 Å². The normalized spacial score (nSPS) is 20.9. The molecule has 0 N–H and O–H groups in total. The van der Waals surface area contributed by atoms with E-state index in [4.69, 9.17) is 14.2 Å². The zero-order valence-electron chi connectivity index (χ0n) is 25.8. The highest BCUT2D eigenvalue weighted by atomic mass is 16.6. The van der Waals surface area contributed by atoms with Crippen molar-refractivity contribution in [2.24, 2.45) is 0 Å². The Hall–Kier alpha value is -1.72. The molecular weight excluding hydrogens is 494 g/mol. The molecule has 0 bridgehead atoms. The number of rotatable bonds is 22. The summed E-state index contributed by atoms with van der Waals surface area (Å²) in [5, 5.41) is 0. The minimum absolute atomic E-state index is 0.0290. The lowest BCUT2D eigenvalue weighted by Gasteiger charge is -2.43. The van der Waals surface area contributed by atoms with Crippen molar-refractivity contribution in [2.75, 3.05) is 20.2 Å².